The van der Waals surface area contributed by atoms with Gasteiger partial charge in [-0.1, -0.05) is 81.5 Å². The minimum atomic E-state index is 0.755. The average Bonchev–Trinajstić information content (AvgIpc) is 2.78. The first-order valence-electron chi connectivity index (χ1n) is 11.7. The number of isothiocyanates is 1. The lowest BCUT2D eigenvalue weighted by Crippen LogP contribution is -2.13. The number of rotatable bonds is 9. The van der Waals surface area contributed by atoms with Gasteiger partial charge < -0.3 is 0 Å². The first-order valence-corrected chi connectivity index (χ1v) is 12.1. The summed E-state index contributed by atoms with van der Waals surface area (Å²) in [4.78, 5) is 4.02. The molecule has 1 aliphatic rings. The Balaban J connectivity index is 1.53. The van der Waals surface area contributed by atoms with Gasteiger partial charge in [0.25, 0.3) is 0 Å². The molecule has 0 radical (unpaired) electrons. The fourth-order valence-electron chi connectivity index (χ4n) is 4.69. The Kier molecular flexibility index (Phi) is 9.05. The fourth-order valence-corrected chi connectivity index (χ4v) is 4.80. The van der Waals surface area contributed by atoms with E-state index >= 15 is 0 Å². The third-order valence-corrected chi connectivity index (χ3v) is 6.69. The van der Waals surface area contributed by atoms with Crippen LogP contribution in [0.3, 0.4) is 0 Å². The Morgan fingerprint density at radius 2 is 1.67 bits per heavy atom. The summed E-state index contributed by atoms with van der Waals surface area (Å²) in [6.07, 6.45) is 14.9. The molecule has 0 spiro atoms. The van der Waals surface area contributed by atoms with Crippen molar-refractivity contribution in [3.8, 4) is 0 Å². The molecule has 1 saturated carbocycles. The van der Waals surface area contributed by atoms with Crippen LogP contribution in [-0.2, 0) is 0 Å². The number of thiocarbonyl (C=S) groups is 1. The summed E-state index contributed by atoms with van der Waals surface area (Å²) < 4.78 is 0. The quantitative estimate of drug-likeness (QED) is 0.171. The molecule has 2 aromatic rings. The number of allylic oxidation sites excluding steroid dienone is 1. The van der Waals surface area contributed by atoms with Crippen LogP contribution >= 0.6 is 12.2 Å². The van der Waals surface area contributed by atoms with Crippen LogP contribution in [0.4, 0.5) is 5.69 Å². The van der Waals surface area contributed by atoms with Gasteiger partial charge in [-0.15, -0.1) is 0 Å². The molecule has 0 atom stereocenters. The van der Waals surface area contributed by atoms with E-state index < -0.39 is 0 Å². The van der Waals surface area contributed by atoms with E-state index in [1.165, 1.54) is 80.1 Å². The van der Waals surface area contributed by atoms with E-state index in [1.807, 2.05) is 12.1 Å². The SMILES string of the molecule is CCCCCCC1CCC(c2ccc(/C=C(\C)c3ccc(N=C=S)cc3)cc2)CC1. The van der Waals surface area contributed by atoms with Crippen LogP contribution in [0, 0.1) is 5.92 Å². The summed E-state index contributed by atoms with van der Waals surface area (Å²) in [6.45, 7) is 4.46. The van der Waals surface area contributed by atoms with Gasteiger partial charge in [0.15, 0.2) is 0 Å². The highest BCUT2D eigenvalue weighted by Crippen LogP contribution is 2.38. The van der Waals surface area contributed by atoms with Gasteiger partial charge in [0.1, 0.15) is 0 Å². The van der Waals surface area contributed by atoms with Gasteiger partial charge >= 0.3 is 0 Å². The van der Waals surface area contributed by atoms with Gasteiger partial charge in [-0.05, 0) is 91.1 Å². The highest BCUT2D eigenvalue weighted by molar-refractivity contribution is 7.78. The summed E-state index contributed by atoms with van der Waals surface area (Å²) in [6, 6.07) is 17.4. The lowest BCUT2D eigenvalue weighted by Gasteiger charge is -2.29. The van der Waals surface area contributed by atoms with Crippen molar-refractivity contribution in [3.05, 3.63) is 65.2 Å². The Labute approximate surface area is 188 Å². The van der Waals surface area contributed by atoms with E-state index in [2.05, 4.69) is 78.7 Å². The van der Waals surface area contributed by atoms with Crippen LogP contribution in [0.15, 0.2) is 53.5 Å². The predicted molar refractivity (Wildman–Crippen MR) is 135 cm³/mol. The van der Waals surface area contributed by atoms with E-state index in [0.29, 0.717) is 0 Å². The number of unbranched alkanes of at least 4 members (excludes halogenated alkanes) is 3. The molecule has 2 heteroatoms. The zero-order chi connectivity index (χ0) is 21.2. The van der Waals surface area contributed by atoms with Gasteiger partial charge in [-0.25, -0.2) is 0 Å². The molecule has 0 aromatic heterocycles. The Morgan fingerprint density at radius 3 is 2.30 bits per heavy atom. The van der Waals surface area contributed by atoms with Crippen molar-refractivity contribution in [2.45, 2.75) is 77.6 Å². The molecule has 1 nitrogen and oxygen atoms in total. The molecular weight excluding hydrogens is 382 g/mol. The minimum absolute atomic E-state index is 0.755. The summed E-state index contributed by atoms with van der Waals surface area (Å²) in [5.41, 5.74) is 6.10. The second-order valence-corrected chi connectivity index (χ2v) is 8.99. The molecular formula is C28H35NS. The van der Waals surface area contributed by atoms with Crippen LogP contribution in [-0.4, -0.2) is 5.16 Å². The van der Waals surface area contributed by atoms with Crippen LogP contribution in [0.1, 0.15) is 94.2 Å². The third kappa shape index (κ3) is 6.76. The summed E-state index contributed by atoms with van der Waals surface area (Å²) in [7, 11) is 0. The van der Waals surface area contributed by atoms with E-state index in [9.17, 15) is 0 Å². The maximum absolute atomic E-state index is 4.67. The number of benzene rings is 2. The van der Waals surface area contributed by atoms with Crippen molar-refractivity contribution in [1.82, 2.24) is 0 Å². The van der Waals surface area contributed by atoms with Crippen molar-refractivity contribution in [2.75, 3.05) is 0 Å². The molecule has 0 aliphatic heterocycles. The zero-order valence-electron chi connectivity index (χ0n) is 18.6. The van der Waals surface area contributed by atoms with Crippen molar-refractivity contribution in [3.63, 3.8) is 0 Å². The highest BCUT2D eigenvalue weighted by atomic mass is 32.1. The largest absolute Gasteiger partial charge is 0.195 e. The van der Waals surface area contributed by atoms with Gasteiger partial charge in [-0.3, -0.25) is 0 Å². The topological polar surface area (TPSA) is 12.4 Å². The molecule has 0 heterocycles. The molecule has 0 unspecified atom stereocenters. The van der Waals surface area contributed by atoms with Gasteiger partial charge in [0.2, 0.25) is 0 Å². The van der Waals surface area contributed by atoms with Crippen LogP contribution in [0.25, 0.3) is 11.6 Å². The van der Waals surface area contributed by atoms with Gasteiger partial charge in [0.05, 0.1) is 10.8 Å². The lowest BCUT2D eigenvalue weighted by molar-refractivity contribution is 0.302. The monoisotopic (exact) mass is 417 g/mol. The van der Waals surface area contributed by atoms with E-state index in [4.69, 9.17) is 0 Å². The van der Waals surface area contributed by atoms with Crippen molar-refractivity contribution in [1.29, 1.82) is 0 Å². The number of aliphatic imine (C=N–C) groups is 1. The van der Waals surface area contributed by atoms with Crippen LogP contribution < -0.4 is 0 Å². The number of hydrogen-bond acceptors (Lipinski definition) is 2. The summed E-state index contributed by atoms with van der Waals surface area (Å²) in [5.74, 6) is 1.73. The van der Waals surface area contributed by atoms with Gasteiger partial charge in [-0.2, -0.15) is 4.99 Å². The maximum Gasteiger partial charge on any atom is 0.0739 e. The van der Waals surface area contributed by atoms with E-state index in [-0.39, 0.29) is 0 Å². The lowest BCUT2D eigenvalue weighted by atomic mass is 9.77. The van der Waals surface area contributed by atoms with Crippen molar-refractivity contribution >= 4 is 34.7 Å². The molecule has 0 bridgehead atoms. The molecule has 1 fully saturated rings. The normalized spacial score (nSPS) is 19.3. The Bertz CT molecular complexity index is 849. The minimum Gasteiger partial charge on any atom is -0.195 e. The fraction of sp³-hybridized carbons (Fsp3) is 0.464. The second-order valence-electron chi connectivity index (χ2n) is 8.81. The number of hydrogen-bond donors (Lipinski definition) is 0. The summed E-state index contributed by atoms with van der Waals surface area (Å²) in [5, 5.41) is 2.41. The van der Waals surface area contributed by atoms with Crippen molar-refractivity contribution in [2.24, 2.45) is 10.9 Å². The van der Waals surface area contributed by atoms with Crippen LogP contribution in [0.2, 0.25) is 0 Å². The highest BCUT2D eigenvalue weighted by Gasteiger charge is 2.21. The van der Waals surface area contributed by atoms with Gasteiger partial charge in [0, 0.05) is 0 Å². The first-order chi connectivity index (χ1) is 14.7. The molecule has 0 amide bonds. The first kappa shape index (κ1) is 22.7. The Hall–Kier alpha value is -2.02. The third-order valence-electron chi connectivity index (χ3n) is 6.60. The molecule has 30 heavy (non-hydrogen) atoms. The summed E-state index contributed by atoms with van der Waals surface area (Å²) >= 11 is 4.67. The Morgan fingerprint density at radius 1 is 0.967 bits per heavy atom. The van der Waals surface area contributed by atoms with E-state index in [0.717, 1.165) is 17.5 Å². The second kappa shape index (κ2) is 12.0. The standard InChI is InChI=1S/C28H35NS/c1-3-4-5-6-7-23-8-12-26(13-9-23)27-14-10-24(11-15-27)20-22(2)25-16-18-28(19-17-25)29-21-30/h10-11,14-20,23,26H,3-9,12-13H2,1-2H3/b22-20+. The molecule has 2 aromatic carbocycles. The average molecular weight is 418 g/mol. The zero-order valence-corrected chi connectivity index (χ0v) is 19.4. The molecule has 0 N–H and O–H groups in total. The molecule has 158 valence electrons. The maximum atomic E-state index is 4.67. The molecule has 3 rings (SSSR count). The molecule has 0 saturated heterocycles. The van der Waals surface area contributed by atoms with E-state index in [1.54, 1.807) is 0 Å². The van der Waals surface area contributed by atoms with Crippen LogP contribution in [0.5, 0.6) is 0 Å². The predicted octanol–water partition coefficient (Wildman–Crippen LogP) is 9.23. The van der Waals surface area contributed by atoms with Crippen molar-refractivity contribution < 1.29 is 0 Å². The smallest absolute Gasteiger partial charge is 0.0739 e. The number of nitrogens with zero attached hydrogens (tertiary/aromatic N) is 1. The molecule has 1 aliphatic carbocycles.